The van der Waals surface area contributed by atoms with E-state index in [1.165, 1.54) is 30.3 Å². The van der Waals surface area contributed by atoms with Crippen molar-refractivity contribution in [3.63, 3.8) is 0 Å². The van der Waals surface area contributed by atoms with Crippen molar-refractivity contribution in [1.29, 1.82) is 0 Å². The van der Waals surface area contributed by atoms with Crippen LogP contribution >= 0.6 is 34.5 Å². The minimum absolute atomic E-state index is 0.0670. The molecule has 0 saturated heterocycles. The van der Waals surface area contributed by atoms with Crippen molar-refractivity contribution in [1.82, 2.24) is 14.2 Å². The number of sulfonamides is 1. The number of aromatic hydroxyl groups is 1. The van der Waals surface area contributed by atoms with E-state index in [0.29, 0.717) is 16.5 Å². The minimum atomic E-state index is -4.17. The molecule has 10 nitrogen and oxygen atoms in total. The van der Waals surface area contributed by atoms with Crippen molar-refractivity contribution in [2.45, 2.75) is 4.21 Å². The van der Waals surface area contributed by atoms with Crippen LogP contribution in [0.15, 0.2) is 63.6 Å². The van der Waals surface area contributed by atoms with Crippen LogP contribution < -0.4 is 20.9 Å². The number of amides is 2. The number of nitrogens with zero attached hydrogens (tertiary/aromatic N) is 2. The molecule has 4 N–H and O–H groups in total. The molecule has 0 atom stereocenters. The molecule has 2 heterocycles. The van der Waals surface area contributed by atoms with Crippen LogP contribution in [0.4, 0.5) is 16.2 Å². The first kappa shape index (κ1) is 27.7. The molecule has 2 aromatic heterocycles. The first-order valence-electron chi connectivity index (χ1n) is 11.1. The minimum Gasteiger partial charge on any atom is -0.494 e. The number of anilines is 2. The van der Waals surface area contributed by atoms with Gasteiger partial charge in [0.05, 0.1) is 10.7 Å². The van der Waals surface area contributed by atoms with Crippen molar-refractivity contribution in [3.05, 3.63) is 74.3 Å². The first-order chi connectivity index (χ1) is 17.9. The lowest BCUT2D eigenvalue weighted by molar-refractivity contribution is 0.256. The number of likely N-dealkylation sites (N-methyl/N-ethyl adjacent to an activating group) is 1. The highest BCUT2D eigenvalue weighted by atomic mass is 35.5. The summed E-state index contributed by atoms with van der Waals surface area (Å²) in [5.74, 6) is -0.231. The fourth-order valence-electron chi connectivity index (χ4n) is 3.57. The maximum atomic E-state index is 12.9. The summed E-state index contributed by atoms with van der Waals surface area (Å²) in [6, 6.07) is 12.9. The number of carbonyl (C=O) groups excluding carboxylic acids is 1. The predicted octanol–water partition coefficient (Wildman–Crippen LogP) is 4.55. The van der Waals surface area contributed by atoms with Crippen LogP contribution in [0, 0.1) is 0 Å². The standard InChI is InChI=1S/C24H23Cl2N5O5S2/c1-30(2)10-9-27-16-5-8-18-14(11-16)12-20(32)31(23(18)33)17-6-3-15(4-7-17)28-24(34)29-38(35,36)21-13-19(25)22(26)37-21/h3-8,11-13,27,33H,9-10H2,1-2H3,(H2,28,29,34). The van der Waals surface area contributed by atoms with Gasteiger partial charge in [-0.1, -0.05) is 23.2 Å². The number of urea groups is 1. The van der Waals surface area contributed by atoms with E-state index in [9.17, 15) is 23.1 Å². The van der Waals surface area contributed by atoms with Crippen LogP contribution in [0.2, 0.25) is 9.36 Å². The van der Waals surface area contributed by atoms with E-state index in [0.717, 1.165) is 40.7 Å². The summed E-state index contributed by atoms with van der Waals surface area (Å²) in [6.07, 6.45) is 0. The topological polar surface area (TPSA) is 133 Å². The van der Waals surface area contributed by atoms with Gasteiger partial charge in [-0.2, -0.15) is 0 Å². The average Bonchev–Trinajstić information content (AvgIpc) is 3.18. The molecule has 14 heteroatoms. The smallest absolute Gasteiger partial charge is 0.333 e. The number of pyridine rings is 1. The highest BCUT2D eigenvalue weighted by Gasteiger charge is 2.22. The monoisotopic (exact) mass is 595 g/mol. The molecule has 0 aliphatic rings. The summed E-state index contributed by atoms with van der Waals surface area (Å²) in [6.45, 7) is 1.56. The quantitative estimate of drug-likeness (QED) is 0.235. The van der Waals surface area contributed by atoms with Crippen molar-refractivity contribution in [2.24, 2.45) is 0 Å². The van der Waals surface area contributed by atoms with Gasteiger partial charge in [0, 0.05) is 35.9 Å². The lowest BCUT2D eigenvalue weighted by Crippen LogP contribution is -2.33. The number of thiophene rings is 1. The third-order valence-corrected chi connectivity index (χ3v) is 9.06. The number of halogens is 2. The Morgan fingerprint density at radius 2 is 1.74 bits per heavy atom. The Morgan fingerprint density at radius 3 is 2.37 bits per heavy atom. The van der Waals surface area contributed by atoms with Crippen molar-refractivity contribution < 1.29 is 18.3 Å². The van der Waals surface area contributed by atoms with Crippen molar-refractivity contribution >= 4 is 72.7 Å². The molecular weight excluding hydrogens is 573 g/mol. The molecule has 0 aliphatic heterocycles. The van der Waals surface area contributed by atoms with E-state index in [1.807, 2.05) is 29.8 Å². The molecule has 200 valence electrons. The first-order valence-corrected chi connectivity index (χ1v) is 14.2. The van der Waals surface area contributed by atoms with E-state index in [4.69, 9.17) is 23.2 Å². The number of fused-ring (bicyclic) bond motifs is 1. The van der Waals surface area contributed by atoms with Gasteiger partial charge in [-0.3, -0.25) is 4.79 Å². The van der Waals surface area contributed by atoms with E-state index in [1.54, 1.807) is 12.1 Å². The zero-order valence-electron chi connectivity index (χ0n) is 20.2. The Bertz CT molecular complexity index is 1650. The lowest BCUT2D eigenvalue weighted by atomic mass is 10.1. The van der Waals surface area contributed by atoms with Crippen molar-refractivity contribution in [2.75, 3.05) is 37.8 Å². The fourth-order valence-corrected chi connectivity index (χ4v) is 6.36. The Morgan fingerprint density at radius 1 is 1.05 bits per heavy atom. The maximum Gasteiger partial charge on any atom is 0.333 e. The normalized spacial score (nSPS) is 11.6. The average molecular weight is 597 g/mol. The number of benzene rings is 2. The molecular formula is C24H23Cl2N5O5S2. The molecule has 38 heavy (non-hydrogen) atoms. The number of carbonyl (C=O) groups is 1. The summed E-state index contributed by atoms with van der Waals surface area (Å²) in [7, 11) is -0.222. The zero-order chi connectivity index (χ0) is 27.6. The van der Waals surface area contributed by atoms with Crippen LogP contribution in [0.1, 0.15) is 0 Å². The second-order valence-corrected chi connectivity index (χ2v) is 12.4. The predicted molar refractivity (Wildman–Crippen MR) is 152 cm³/mol. The second-order valence-electron chi connectivity index (χ2n) is 8.47. The molecule has 0 aliphatic carbocycles. The molecule has 4 aromatic rings. The zero-order valence-corrected chi connectivity index (χ0v) is 23.3. The maximum absolute atomic E-state index is 12.9. The number of rotatable bonds is 8. The molecule has 0 saturated carbocycles. The van der Waals surface area contributed by atoms with Gasteiger partial charge in [0.15, 0.2) is 0 Å². The number of hydrogen-bond donors (Lipinski definition) is 4. The third-order valence-electron chi connectivity index (χ3n) is 5.39. The Labute approximate surface area is 232 Å². The summed E-state index contributed by atoms with van der Waals surface area (Å²) >= 11 is 12.3. The molecule has 0 bridgehead atoms. The highest BCUT2D eigenvalue weighted by molar-refractivity contribution is 7.92. The molecule has 0 spiro atoms. The summed E-state index contributed by atoms with van der Waals surface area (Å²) in [5.41, 5.74) is 0.990. The SMILES string of the molecule is CN(C)CCNc1ccc2c(O)n(-c3ccc(NC(=O)NS(=O)(=O)c4cc(Cl)c(Cl)s4)cc3)c(=O)cc2c1. The summed E-state index contributed by atoms with van der Waals surface area (Å²) in [4.78, 5) is 27.2. The van der Waals surface area contributed by atoms with E-state index >= 15 is 0 Å². The Hall–Kier alpha value is -3.29. The van der Waals surface area contributed by atoms with E-state index in [2.05, 4.69) is 10.6 Å². The van der Waals surface area contributed by atoms with Gasteiger partial charge in [-0.05, 0) is 68.0 Å². The Kier molecular flexibility index (Phi) is 8.19. The number of hydrogen-bond acceptors (Lipinski definition) is 8. The lowest BCUT2D eigenvalue weighted by Gasteiger charge is -2.14. The van der Waals surface area contributed by atoms with Crippen LogP contribution in [0.5, 0.6) is 5.88 Å². The van der Waals surface area contributed by atoms with Gasteiger partial charge in [-0.25, -0.2) is 22.5 Å². The third kappa shape index (κ3) is 6.22. The van der Waals surface area contributed by atoms with Gasteiger partial charge in [0.25, 0.3) is 15.6 Å². The molecule has 2 aromatic carbocycles. The molecule has 4 rings (SSSR count). The van der Waals surface area contributed by atoms with E-state index < -0.39 is 21.6 Å². The largest absolute Gasteiger partial charge is 0.494 e. The van der Waals surface area contributed by atoms with Crippen LogP contribution in [0.3, 0.4) is 0 Å². The van der Waals surface area contributed by atoms with Crippen LogP contribution in [0.25, 0.3) is 16.5 Å². The van der Waals surface area contributed by atoms with Gasteiger partial charge in [0.1, 0.15) is 8.55 Å². The van der Waals surface area contributed by atoms with Gasteiger partial charge >= 0.3 is 6.03 Å². The van der Waals surface area contributed by atoms with Gasteiger partial charge < -0.3 is 20.6 Å². The number of aromatic nitrogens is 1. The van der Waals surface area contributed by atoms with Gasteiger partial charge in [0.2, 0.25) is 5.88 Å². The molecule has 0 radical (unpaired) electrons. The highest BCUT2D eigenvalue weighted by Crippen LogP contribution is 2.34. The second kappa shape index (κ2) is 11.2. The Balaban J connectivity index is 1.50. The number of nitrogens with one attached hydrogen (secondary N) is 3. The molecule has 2 amide bonds. The van der Waals surface area contributed by atoms with Crippen LogP contribution in [-0.2, 0) is 10.0 Å². The van der Waals surface area contributed by atoms with Crippen LogP contribution in [-0.4, -0.2) is 56.2 Å². The molecule has 0 fully saturated rings. The van der Waals surface area contributed by atoms with E-state index in [-0.39, 0.29) is 25.1 Å². The summed E-state index contributed by atoms with van der Waals surface area (Å²) in [5, 5.41) is 17.7. The van der Waals surface area contributed by atoms with Crippen molar-refractivity contribution in [3.8, 4) is 11.6 Å². The fraction of sp³-hybridized carbons (Fsp3) is 0.167. The molecule has 0 unspecified atom stereocenters. The van der Waals surface area contributed by atoms with Gasteiger partial charge in [-0.15, -0.1) is 11.3 Å². The summed E-state index contributed by atoms with van der Waals surface area (Å²) < 4.78 is 27.6.